The van der Waals surface area contributed by atoms with E-state index in [1.807, 2.05) is 26.1 Å². The molecule has 2 heterocycles. The lowest BCUT2D eigenvalue weighted by Gasteiger charge is -2.07. The van der Waals surface area contributed by atoms with Gasteiger partial charge in [-0.25, -0.2) is 0 Å². The zero-order valence-corrected chi connectivity index (χ0v) is 11.5. The third-order valence-electron chi connectivity index (χ3n) is 2.80. The third kappa shape index (κ3) is 2.56. The maximum atomic E-state index is 11.5. The Kier molecular flexibility index (Phi) is 3.72. The van der Waals surface area contributed by atoms with E-state index in [1.165, 1.54) is 17.1 Å². The first-order chi connectivity index (χ1) is 8.59. The SMILES string of the molecule is CC(=O)c1c(C)nsc1NCc1cnccc1C. The topological polar surface area (TPSA) is 54.9 Å². The number of rotatable bonds is 4. The number of pyridine rings is 1. The van der Waals surface area contributed by atoms with E-state index in [2.05, 4.69) is 14.7 Å². The number of anilines is 1. The molecule has 0 atom stereocenters. The first-order valence-corrected chi connectivity index (χ1v) is 6.47. The molecule has 0 amide bonds. The minimum absolute atomic E-state index is 0.0478. The van der Waals surface area contributed by atoms with Gasteiger partial charge >= 0.3 is 0 Å². The Morgan fingerprint density at radius 3 is 2.89 bits per heavy atom. The molecule has 0 aliphatic rings. The average Bonchev–Trinajstić information content (AvgIpc) is 2.69. The molecule has 94 valence electrons. The van der Waals surface area contributed by atoms with Crippen molar-refractivity contribution in [3.8, 4) is 0 Å². The standard InChI is InChI=1S/C13H15N3OS/c1-8-4-5-14-6-11(8)7-15-13-12(10(3)17)9(2)16-18-13/h4-6,15H,7H2,1-3H3. The van der Waals surface area contributed by atoms with Crippen molar-refractivity contribution in [2.45, 2.75) is 27.3 Å². The Bertz CT molecular complexity index is 577. The number of carbonyl (C=O) groups excluding carboxylic acids is 1. The minimum atomic E-state index is 0.0478. The normalized spacial score (nSPS) is 10.4. The Morgan fingerprint density at radius 2 is 2.22 bits per heavy atom. The van der Waals surface area contributed by atoms with E-state index in [4.69, 9.17) is 0 Å². The van der Waals surface area contributed by atoms with Crippen LogP contribution in [0.5, 0.6) is 0 Å². The summed E-state index contributed by atoms with van der Waals surface area (Å²) in [6.45, 7) is 6.12. The van der Waals surface area contributed by atoms with Crippen LogP contribution in [0.25, 0.3) is 0 Å². The number of nitrogens with zero attached hydrogens (tertiary/aromatic N) is 2. The molecule has 0 saturated carbocycles. The largest absolute Gasteiger partial charge is 0.371 e. The van der Waals surface area contributed by atoms with Gasteiger partial charge in [0.1, 0.15) is 5.00 Å². The van der Waals surface area contributed by atoms with E-state index in [0.29, 0.717) is 12.1 Å². The summed E-state index contributed by atoms with van der Waals surface area (Å²) in [7, 11) is 0. The van der Waals surface area contributed by atoms with Crippen LogP contribution in [-0.4, -0.2) is 15.1 Å². The van der Waals surface area contributed by atoms with Crippen LogP contribution in [-0.2, 0) is 6.54 Å². The van der Waals surface area contributed by atoms with E-state index in [1.54, 1.807) is 13.1 Å². The molecule has 2 aromatic rings. The van der Waals surface area contributed by atoms with Gasteiger partial charge in [-0.3, -0.25) is 9.78 Å². The highest BCUT2D eigenvalue weighted by Gasteiger charge is 2.14. The smallest absolute Gasteiger partial charge is 0.164 e. The van der Waals surface area contributed by atoms with Crippen LogP contribution in [0.15, 0.2) is 18.5 Å². The van der Waals surface area contributed by atoms with Crippen LogP contribution >= 0.6 is 11.5 Å². The van der Waals surface area contributed by atoms with Crippen molar-refractivity contribution in [3.63, 3.8) is 0 Å². The highest BCUT2D eigenvalue weighted by atomic mass is 32.1. The molecule has 0 aliphatic heterocycles. The van der Waals surface area contributed by atoms with Gasteiger partial charge in [0.15, 0.2) is 5.78 Å². The Labute approximate surface area is 110 Å². The Balaban J connectivity index is 2.16. The number of ketones is 1. The molecule has 2 rings (SSSR count). The highest BCUT2D eigenvalue weighted by Crippen LogP contribution is 2.25. The lowest BCUT2D eigenvalue weighted by molar-refractivity contribution is 0.101. The number of aryl methyl sites for hydroxylation is 2. The van der Waals surface area contributed by atoms with Gasteiger partial charge in [0.25, 0.3) is 0 Å². The molecule has 18 heavy (non-hydrogen) atoms. The summed E-state index contributed by atoms with van der Waals surface area (Å²) < 4.78 is 4.22. The summed E-state index contributed by atoms with van der Waals surface area (Å²) >= 11 is 1.33. The molecule has 0 unspecified atom stereocenters. The fourth-order valence-electron chi connectivity index (χ4n) is 1.76. The zero-order chi connectivity index (χ0) is 13.1. The van der Waals surface area contributed by atoms with Crippen LogP contribution < -0.4 is 5.32 Å². The van der Waals surface area contributed by atoms with Crippen molar-refractivity contribution in [3.05, 3.63) is 40.8 Å². The second-order valence-electron chi connectivity index (χ2n) is 4.18. The van der Waals surface area contributed by atoms with E-state index in [-0.39, 0.29) is 5.78 Å². The van der Waals surface area contributed by atoms with Crippen LogP contribution in [0.3, 0.4) is 0 Å². The zero-order valence-electron chi connectivity index (χ0n) is 10.7. The number of hydrogen-bond acceptors (Lipinski definition) is 5. The lowest BCUT2D eigenvalue weighted by atomic mass is 10.1. The Hall–Kier alpha value is -1.75. The maximum absolute atomic E-state index is 11.5. The molecule has 0 radical (unpaired) electrons. The van der Waals surface area contributed by atoms with Crippen LogP contribution in [0.2, 0.25) is 0 Å². The fourth-order valence-corrected chi connectivity index (χ4v) is 2.60. The fraction of sp³-hybridized carbons (Fsp3) is 0.308. The Morgan fingerprint density at radius 1 is 1.44 bits per heavy atom. The van der Waals surface area contributed by atoms with E-state index in [9.17, 15) is 4.79 Å². The highest BCUT2D eigenvalue weighted by molar-refractivity contribution is 7.10. The predicted molar refractivity (Wildman–Crippen MR) is 73.2 cm³/mol. The van der Waals surface area contributed by atoms with E-state index in [0.717, 1.165) is 16.3 Å². The van der Waals surface area contributed by atoms with Crippen molar-refractivity contribution in [1.82, 2.24) is 9.36 Å². The second-order valence-corrected chi connectivity index (χ2v) is 4.96. The van der Waals surface area contributed by atoms with Gasteiger partial charge in [-0.2, -0.15) is 4.37 Å². The molecule has 0 aliphatic carbocycles. The summed E-state index contributed by atoms with van der Waals surface area (Å²) in [5.41, 5.74) is 3.79. The molecule has 0 spiro atoms. The average molecular weight is 261 g/mol. The van der Waals surface area contributed by atoms with Crippen molar-refractivity contribution in [1.29, 1.82) is 0 Å². The number of carbonyl (C=O) groups is 1. The maximum Gasteiger partial charge on any atom is 0.164 e. The molecule has 0 saturated heterocycles. The summed E-state index contributed by atoms with van der Waals surface area (Å²) in [5, 5.41) is 4.10. The third-order valence-corrected chi connectivity index (χ3v) is 3.70. The first kappa shape index (κ1) is 12.7. The molecule has 4 nitrogen and oxygen atoms in total. The molecule has 0 fully saturated rings. The van der Waals surface area contributed by atoms with Crippen LogP contribution in [0, 0.1) is 13.8 Å². The van der Waals surface area contributed by atoms with E-state index < -0.39 is 0 Å². The summed E-state index contributed by atoms with van der Waals surface area (Å²) in [6, 6.07) is 1.97. The molecule has 5 heteroatoms. The molecule has 2 aromatic heterocycles. The van der Waals surface area contributed by atoms with Gasteiger partial charge in [-0.15, -0.1) is 0 Å². The monoisotopic (exact) mass is 261 g/mol. The molecule has 0 bridgehead atoms. The minimum Gasteiger partial charge on any atom is -0.371 e. The molecule has 1 N–H and O–H groups in total. The van der Waals surface area contributed by atoms with E-state index >= 15 is 0 Å². The molecule has 0 aromatic carbocycles. The second kappa shape index (κ2) is 5.27. The van der Waals surface area contributed by atoms with Gasteiger partial charge in [0.2, 0.25) is 0 Å². The van der Waals surface area contributed by atoms with Crippen LogP contribution in [0.4, 0.5) is 5.00 Å². The number of nitrogens with one attached hydrogen (secondary N) is 1. The van der Waals surface area contributed by atoms with Crippen molar-refractivity contribution in [2.75, 3.05) is 5.32 Å². The summed E-state index contributed by atoms with van der Waals surface area (Å²) in [6.07, 6.45) is 3.61. The summed E-state index contributed by atoms with van der Waals surface area (Å²) in [5.74, 6) is 0.0478. The first-order valence-electron chi connectivity index (χ1n) is 5.70. The van der Waals surface area contributed by atoms with Gasteiger partial charge in [-0.1, -0.05) is 0 Å². The summed E-state index contributed by atoms with van der Waals surface area (Å²) in [4.78, 5) is 15.6. The van der Waals surface area contributed by atoms with Crippen molar-refractivity contribution >= 4 is 22.3 Å². The van der Waals surface area contributed by atoms with Gasteiger partial charge in [0.05, 0.1) is 11.3 Å². The quantitative estimate of drug-likeness (QED) is 0.860. The number of hydrogen-bond donors (Lipinski definition) is 1. The van der Waals surface area contributed by atoms with Crippen molar-refractivity contribution < 1.29 is 4.79 Å². The number of Topliss-reactive ketones (excluding diaryl/α,β-unsaturated/α-hetero) is 1. The lowest BCUT2D eigenvalue weighted by Crippen LogP contribution is -2.04. The molecular weight excluding hydrogens is 246 g/mol. The predicted octanol–water partition coefficient (Wildman–Crippen LogP) is 2.97. The van der Waals surface area contributed by atoms with Gasteiger partial charge in [-0.05, 0) is 49.5 Å². The number of aromatic nitrogens is 2. The van der Waals surface area contributed by atoms with Crippen molar-refractivity contribution in [2.24, 2.45) is 0 Å². The van der Waals surface area contributed by atoms with Gasteiger partial charge < -0.3 is 5.32 Å². The van der Waals surface area contributed by atoms with Crippen LogP contribution in [0.1, 0.15) is 34.1 Å². The molecular formula is C13H15N3OS. The van der Waals surface area contributed by atoms with Gasteiger partial charge in [0, 0.05) is 18.9 Å².